The van der Waals surface area contributed by atoms with Crippen molar-refractivity contribution in [3.63, 3.8) is 0 Å². The van der Waals surface area contributed by atoms with Crippen LogP contribution in [0.4, 0.5) is 5.69 Å². The zero-order chi connectivity index (χ0) is 20.9. The lowest BCUT2D eigenvalue weighted by atomic mass is 10.1. The van der Waals surface area contributed by atoms with E-state index in [1.54, 1.807) is 42.6 Å². The minimum Gasteiger partial charge on any atom is -0.484 e. The second-order valence-electron chi connectivity index (χ2n) is 6.74. The molecule has 3 aromatic carbocycles. The van der Waals surface area contributed by atoms with Gasteiger partial charge in [0.1, 0.15) is 5.75 Å². The van der Waals surface area contributed by atoms with Crippen LogP contribution in [0.15, 0.2) is 79.0 Å². The van der Waals surface area contributed by atoms with E-state index in [2.05, 4.69) is 15.3 Å². The first-order valence-electron chi connectivity index (χ1n) is 9.44. The molecule has 1 aromatic heterocycles. The smallest absolute Gasteiger partial charge is 0.262 e. The van der Waals surface area contributed by atoms with Crippen LogP contribution in [0.3, 0.4) is 0 Å². The second-order valence-corrected chi connectivity index (χ2v) is 6.74. The Labute approximate surface area is 173 Å². The van der Waals surface area contributed by atoms with Crippen LogP contribution in [-0.4, -0.2) is 28.3 Å². The number of benzene rings is 3. The van der Waals surface area contributed by atoms with E-state index in [0.29, 0.717) is 17.0 Å². The number of carbonyl (C=O) groups excluding carboxylic acids is 2. The van der Waals surface area contributed by atoms with Crippen molar-refractivity contribution in [3.05, 3.63) is 84.6 Å². The maximum atomic E-state index is 12.1. The molecule has 1 N–H and O–H groups in total. The average molecular weight is 397 g/mol. The predicted octanol–water partition coefficient (Wildman–Crippen LogP) is 4.52. The third kappa shape index (κ3) is 4.50. The number of aromatic nitrogens is 2. The quantitative estimate of drug-likeness (QED) is 0.484. The largest absolute Gasteiger partial charge is 0.484 e. The molecule has 148 valence electrons. The molecule has 0 saturated carbocycles. The molecule has 0 spiro atoms. The van der Waals surface area contributed by atoms with Crippen LogP contribution >= 0.6 is 0 Å². The summed E-state index contributed by atoms with van der Waals surface area (Å²) in [5, 5.41) is 2.73. The van der Waals surface area contributed by atoms with Gasteiger partial charge in [0, 0.05) is 16.8 Å². The SMILES string of the molecule is CC(=O)c1cccc(NC(=O)COc2ccc(-c3cnc4ccccc4n3)cc2)c1. The third-order valence-corrected chi connectivity index (χ3v) is 4.52. The summed E-state index contributed by atoms with van der Waals surface area (Å²) in [6.07, 6.45) is 1.74. The Bertz CT molecular complexity index is 1220. The van der Waals surface area contributed by atoms with Crippen LogP contribution in [0.25, 0.3) is 22.3 Å². The molecule has 0 radical (unpaired) electrons. The summed E-state index contributed by atoms with van der Waals surface area (Å²) in [4.78, 5) is 32.6. The molecule has 1 heterocycles. The van der Waals surface area contributed by atoms with E-state index in [4.69, 9.17) is 4.74 Å². The minimum absolute atomic E-state index is 0.0569. The first-order chi connectivity index (χ1) is 14.6. The Kier molecular flexibility index (Phi) is 5.48. The highest BCUT2D eigenvalue weighted by molar-refractivity contribution is 5.97. The lowest BCUT2D eigenvalue weighted by Gasteiger charge is -2.09. The Morgan fingerprint density at radius 1 is 0.933 bits per heavy atom. The van der Waals surface area contributed by atoms with E-state index in [0.717, 1.165) is 22.3 Å². The molecule has 4 aromatic rings. The zero-order valence-corrected chi connectivity index (χ0v) is 16.3. The predicted molar refractivity (Wildman–Crippen MR) is 116 cm³/mol. The van der Waals surface area contributed by atoms with E-state index in [-0.39, 0.29) is 18.3 Å². The Morgan fingerprint density at radius 2 is 1.70 bits per heavy atom. The summed E-state index contributed by atoms with van der Waals surface area (Å²) >= 11 is 0. The highest BCUT2D eigenvalue weighted by atomic mass is 16.5. The Morgan fingerprint density at radius 3 is 2.47 bits per heavy atom. The second kappa shape index (κ2) is 8.53. The van der Waals surface area contributed by atoms with Gasteiger partial charge in [0.05, 0.1) is 22.9 Å². The minimum atomic E-state index is -0.305. The topological polar surface area (TPSA) is 81.2 Å². The summed E-state index contributed by atoms with van der Waals surface area (Å²) < 4.78 is 5.56. The normalized spacial score (nSPS) is 10.6. The molecule has 0 fully saturated rings. The van der Waals surface area contributed by atoms with Crippen molar-refractivity contribution < 1.29 is 14.3 Å². The molecule has 6 heteroatoms. The number of fused-ring (bicyclic) bond motifs is 1. The highest BCUT2D eigenvalue weighted by Gasteiger charge is 2.07. The van der Waals surface area contributed by atoms with Crippen LogP contribution in [0.5, 0.6) is 5.75 Å². The maximum Gasteiger partial charge on any atom is 0.262 e. The molecule has 0 aliphatic carbocycles. The van der Waals surface area contributed by atoms with Crippen molar-refractivity contribution in [1.29, 1.82) is 0 Å². The molecule has 30 heavy (non-hydrogen) atoms. The average Bonchev–Trinajstić information content (AvgIpc) is 2.78. The van der Waals surface area contributed by atoms with Gasteiger partial charge in [-0.2, -0.15) is 0 Å². The first kappa shape index (κ1) is 19.3. The van der Waals surface area contributed by atoms with Gasteiger partial charge in [-0.15, -0.1) is 0 Å². The van der Waals surface area contributed by atoms with E-state index in [9.17, 15) is 9.59 Å². The third-order valence-electron chi connectivity index (χ3n) is 4.52. The Balaban J connectivity index is 1.38. The van der Waals surface area contributed by atoms with Crippen molar-refractivity contribution in [2.75, 3.05) is 11.9 Å². The fourth-order valence-electron chi connectivity index (χ4n) is 2.98. The number of Topliss-reactive ketones (excluding diaryl/α,β-unsaturated/α-hetero) is 1. The molecular weight excluding hydrogens is 378 g/mol. The number of ether oxygens (including phenoxy) is 1. The standard InChI is InChI=1S/C24H19N3O3/c1-16(28)18-5-4-6-19(13-18)26-24(29)15-30-20-11-9-17(10-12-20)23-14-25-21-7-2-3-8-22(21)27-23/h2-14H,15H2,1H3,(H,26,29). The number of hydrogen-bond acceptors (Lipinski definition) is 5. The number of carbonyl (C=O) groups is 2. The molecule has 0 unspecified atom stereocenters. The molecule has 0 atom stereocenters. The van der Waals surface area contributed by atoms with Crippen molar-refractivity contribution in [3.8, 4) is 17.0 Å². The molecule has 0 aliphatic heterocycles. The van der Waals surface area contributed by atoms with Gasteiger partial charge in [-0.05, 0) is 55.5 Å². The summed E-state index contributed by atoms with van der Waals surface area (Å²) in [6, 6.07) is 21.8. The lowest BCUT2D eigenvalue weighted by Crippen LogP contribution is -2.20. The molecule has 6 nitrogen and oxygen atoms in total. The number of para-hydroxylation sites is 2. The monoisotopic (exact) mass is 397 g/mol. The zero-order valence-electron chi connectivity index (χ0n) is 16.3. The van der Waals surface area contributed by atoms with Gasteiger partial charge in [0.2, 0.25) is 0 Å². The molecular formula is C24H19N3O3. The van der Waals surface area contributed by atoms with Gasteiger partial charge in [-0.1, -0.05) is 24.3 Å². The number of ketones is 1. The number of hydrogen-bond donors (Lipinski definition) is 1. The van der Waals surface area contributed by atoms with Crippen LogP contribution in [-0.2, 0) is 4.79 Å². The van der Waals surface area contributed by atoms with Gasteiger partial charge < -0.3 is 10.1 Å². The van der Waals surface area contributed by atoms with Gasteiger partial charge >= 0.3 is 0 Å². The van der Waals surface area contributed by atoms with E-state index < -0.39 is 0 Å². The molecule has 1 amide bonds. The summed E-state index contributed by atoms with van der Waals surface area (Å²) in [6.45, 7) is 1.34. The van der Waals surface area contributed by atoms with Crippen molar-refractivity contribution in [2.45, 2.75) is 6.92 Å². The number of amides is 1. The first-order valence-corrected chi connectivity index (χ1v) is 9.44. The fourth-order valence-corrected chi connectivity index (χ4v) is 2.98. The van der Waals surface area contributed by atoms with Gasteiger partial charge in [0.25, 0.3) is 5.91 Å². The summed E-state index contributed by atoms with van der Waals surface area (Å²) in [5.41, 5.74) is 4.46. The highest BCUT2D eigenvalue weighted by Crippen LogP contribution is 2.22. The van der Waals surface area contributed by atoms with Crippen LogP contribution < -0.4 is 10.1 Å². The van der Waals surface area contributed by atoms with Crippen molar-refractivity contribution in [1.82, 2.24) is 9.97 Å². The van der Waals surface area contributed by atoms with Gasteiger partial charge in [-0.3, -0.25) is 14.6 Å². The lowest BCUT2D eigenvalue weighted by molar-refractivity contribution is -0.118. The van der Waals surface area contributed by atoms with E-state index in [1.807, 2.05) is 36.4 Å². The maximum absolute atomic E-state index is 12.1. The molecule has 0 bridgehead atoms. The summed E-state index contributed by atoms with van der Waals surface area (Å²) in [7, 11) is 0. The van der Waals surface area contributed by atoms with Crippen LogP contribution in [0.2, 0.25) is 0 Å². The fraction of sp³-hybridized carbons (Fsp3) is 0.0833. The Hall–Kier alpha value is -4.06. The summed E-state index contributed by atoms with van der Waals surface area (Å²) in [5.74, 6) is 0.207. The van der Waals surface area contributed by atoms with Crippen LogP contribution in [0, 0.1) is 0 Å². The number of nitrogens with zero attached hydrogens (tertiary/aromatic N) is 2. The molecule has 0 saturated heterocycles. The number of rotatable bonds is 6. The van der Waals surface area contributed by atoms with Gasteiger partial charge in [-0.25, -0.2) is 4.98 Å². The number of anilines is 1. The van der Waals surface area contributed by atoms with Crippen LogP contribution in [0.1, 0.15) is 17.3 Å². The van der Waals surface area contributed by atoms with Gasteiger partial charge in [0.15, 0.2) is 12.4 Å². The molecule has 0 aliphatic rings. The van der Waals surface area contributed by atoms with Crippen molar-refractivity contribution >= 4 is 28.4 Å². The van der Waals surface area contributed by atoms with Crippen molar-refractivity contribution in [2.24, 2.45) is 0 Å². The van der Waals surface area contributed by atoms with E-state index in [1.165, 1.54) is 6.92 Å². The number of nitrogens with one attached hydrogen (secondary N) is 1. The van der Waals surface area contributed by atoms with E-state index >= 15 is 0 Å². The molecule has 4 rings (SSSR count).